The maximum Gasteiger partial charge on any atom is 0.0656 e. The first-order chi connectivity index (χ1) is 7.14. The second kappa shape index (κ2) is 4.42. The molecule has 0 aliphatic heterocycles. The van der Waals surface area contributed by atoms with Crippen molar-refractivity contribution in [2.24, 2.45) is 11.3 Å². The standard InChI is InChI=1S/C13H25NO/c1-4-7-14-11-8-12(13(11,2)3)15-9-10-5-6-10/h10-12,14H,4-9H2,1-3H3. The van der Waals surface area contributed by atoms with Crippen LogP contribution in [-0.2, 0) is 4.74 Å². The number of rotatable bonds is 6. The monoisotopic (exact) mass is 211 g/mol. The molecule has 0 spiro atoms. The average Bonchev–Trinajstić information content (AvgIpc) is 2.99. The molecule has 2 unspecified atom stereocenters. The minimum absolute atomic E-state index is 0.337. The van der Waals surface area contributed by atoms with Crippen molar-refractivity contribution < 1.29 is 4.74 Å². The van der Waals surface area contributed by atoms with Crippen molar-refractivity contribution >= 4 is 0 Å². The molecule has 0 aromatic rings. The van der Waals surface area contributed by atoms with Crippen molar-refractivity contribution in [2.45, 2.75) is 58.6 Å². The van der Waals surface area contributed by atoms with Crippen molar-refractivity contribution in [2.75, 3.05) is 13.2 Å². The van der Waals surface area contributed by atoms with Crippen LogP contribution < -0.4 is 5.32 Å². The highest BCUT2D eigenvalue weighted by Crippen LogP contribution is 2.43. The maximum atomic E-state index is 5.99. The Kier molecular flexibility index (Phi) is 3.36. The summed E-state index contributed by atoms with van der Waals surface area (Å²) in [6.07, 6.45) is 5.71. The minimum atomic E-state index is 0.337. The fraction of sp³-hybridized carbons (Fsp3) is 1.00. The molecule has 2 aliphatic carbocycles. The second-order valence-corrected chi connectivity index (χ2v) is 5.83. The van der Waals surface area contributed by atoms with Crippen LogP contribution in [0.3, 0.4) is 0 Å². The van der Waals surface area contributed by atoms with Gasteiger partial charge in [0.05, 0.1) is 6.10 Å². The summed E-state index contributed by atoms with van der Waals surface area (Å²) in [5.41, 5.74) is 0.337. The molecule has 88 valence electrons. The molecule has 0 aromatic heterocycles. The second-order valence-electron chi connectivity index (χ2n) is 5.83. The largest absolute Gasteiger partial charge is 0.377 e. The van der Waals surface area contributed by atoms with Crippen LogP contribution in [0.2, 0.25) is 0 Å². The first-order valence-electron chi connectivity index (χ1n) is 6.49. The van der Waals surface area contributed by atoms with Gasteiger partial charge in [-0.25, -0.2) is 0 Å². The topological polar surface area (TPSA) is 21.3 Å². The van der Waals surface area contributed by atoms with Gasteiger partial charge in [0, 0.05) is 18.1 Å². The van der Waals surface area contributed by atoms with Gasteiger partial charge in [-0.15, -0.1) is 0 Å². The first-order valence-corrected chi connectivity index (χ1v) is 6.49. The van der Waals surface area contributed by atoms with Crippen molar-refractivity contribution in [3.8, 4) is 0 Å². The van der Waals surface area contributed by atoms with Gasteiger partial charge >= 0.3 is 0 Å². The molecule has 2 aliphatic rings. The van der Waals surface area contributed by atoms with E-state index < -0.39 is 0 Å². The van der Waals surface area contributed by atoms with Gasteiger partial charge in [-0.1, -0.05) is 20.8 Å². The molecule has 1 N–H and O–H groups in total. The fourth-order valence-electron chi connectivity index (χ4n) is 2.37. The summed E-state index contributed by atoms with van der Waals surface area (Å²) in [6, 6.07) is 0.668. The van der Waals surface area contributed by atoms with Gasteiger partial charge in [0.1, 0.15) is 0 Å². The molecular weight excluding hydrogens is 186 g/mol. The molecule has 2 heteroatoms. The van der Waals surface area contributed by atoms with Gasteiger partial charge < -0.3 is 10.1 Å². The minimum Gasteiger partial charge on any atom is -0.377 e. The van der Waals surface area contributed by atoms with E-state index in [0.29, 0.717) is 17.6 Å². The van der Waals surface area contributed by atoms with E-state index >= 15 is 0 Å². The normalized spacial score (nSPS) is 33.8. The van der Waals surface area contributed by atoms with E-state index in [1.807, 2.05) is 0 Å². The molecule has 2 saturated carbocycles. The van der Waals surface area contributed by atoms with E-state index in [2.05, 4.69) is 26.1 Å². The molecule has 0 saturated heterocycles. The lowest BCUT2D eigenvalue weighted by molar-refractivity contribution is -0.120. The van der Waals surface area contributed by atoms with Crippen LogP contribution in [0, 0.1) is 11.3 Å². The number of nitrogens with one attached hydrogen (secondary N) is 1. The Morgan fingerprint density at radius 1 is 1.33 bits per heavy atom. The average molecular weight is 211 g/mol. The summed E-state index contributed by atoms with van der Waals surface area (Å²) in [5.74, 6) is 0.892. The lowest BCUT2D eigenvalue weighted by atomic mass is 9.64. The maximum absolute atomic E-state index is 5.99. The molecule has 15 heavy (non-hydrogen) atoms. The van der Waals surface area contributed by atoms with Gasteiger partial charge in [-0.3, -0.25) is 0 Å². The Morgan fingerprint density at radius 2 is 2.07 bits per heavy atom. The Bertz CT molecular complexity index is 211. The SMILES string of the molecule is CCCNC1CC(OCC2CC2)C1(C)C. The van der Waals surface area contributed by atoms with Crippen LogP contribution in [0.1, 0.15) is 46.5 Å². The van der Waals surface area contributed by atoms with Gasteiger partial charge in [-0.05, 0) is 38.1 Å². The van der Waals surface area contributed by atoms with Gasteiger partial charge in [0.2, 0.25) is 0 Å². The third-order valence-electron chi connectivity index (χ3n) is 4.05. The molecule has 0 aromatic carbocycles. The predicted octanol–water partition coefficient (Wildman–Crippen LogP) is 2.58. The summed E-state index contributed by atoms with van der Waals surface area (Å²) in [4.78, 5) is 0. The van der Waals surface area contributed by atoms with E-state index in [4.69, 9.17) is 4.74 Å². The van der Waals surface area contributed by atoms with Crippen LogP contribution in [0.5, 0.6) is 0 Å². The molecule has 0 amide bonds. The zero-order chi connectivity index (χ0) is 10.9. The predicted molar refractivity (Wildman–Crippen MR) is 62.9 cm³/mol. The van der Waals surface area contributed by atoms with Crippen LogP contribution in [-0.4, -0.2) is 25.3 Å². The van der Waals surface area contributed by atoms with Crippen molar-refractivity contribution in [3.05, 3.63) is 0 Å². The fourth-order valence-corrected chi connectivity index (χ4v) is 2.37. The van der Waals surface area contributed by atoms with Gasteiger partial charge in [0.25, 0.3) is 0 Å². The smallest absolute Gasteiger partial charge is 0.0656 e. The number of hydrogen-bond acceptors (Lipinski definition) is 2. The molecule has 2 atom stereocenters. The summed E-state index contributed by atoms with van der Waals surface area (Å²) in [7, 11) is 0. The molecule has 0 radical (unpaired) electrons. The highest BCUT2D eigenvalue weighted by molar-refractivity contribution is 5.02. The van der Waals surface area contributed by atoms with Gasteiger partial charge in [0.15, 0.2) is 0 Å². The van der Waals surface area contributed by atoms with E-state index in [9.17, 15) is 0 Å². The molecule has 0 heterocycles. The summed E-state index contributed by atoms with van der Waals surface area (Å²) in [5, 5.41) is 3.61. The summed E-state index contributed by atoms with van der Waals surface area (Å²) < 4.78 is 5.99. The Balaban J connectivity index is 1.69. The Labute approximate surface area is 93.8 Å². The lowest BCUT2D eigenvalue weighted by Crippen LogP contribution is -2.61. The number of hydrogen-bond donors (Lipinski definition) is 1. The van der Waals surface area contributed by atoms with Crippen LogP contribution in [0.25, 0.3) is 0 Å². The molecule has 2 fully saturated rings. The molecular formula is C13H25NO. The van der Waals surface area contributed by atoms with Crippen molar-refractivity contribution in [1.29, 1.82) is 0 Å². The summed E-state index contributed by atoms with van der Waals surface area (Å²) >= 11 is 0. The first kappa shape index (κ1) is 11.4. The van der Waals surface area contributed by atoms with E-state index in [1.165, 1.54) is 25.7 Å². The van der Waals surface area contributed by atoms with E-state index in [0.717, 1.165) is 19.1 Å². The third kappa shape index (κ3) is 2.54. The molecule has 2 nitrogen and oxygen atoms in total. The lowest BCUT2D eigenvalue weighted by Gasteiger charge is -2.52. The zero-order valence-electron chi connectivity index (χ0n) is 10.4. The Hall–Kier alpha value is -0.0800. The van der Waals surface area contributed by atoms with E-state index in [-0.39, 0.29) is 0 Å². The van der Waals surface area contributed by atoms with Crippen molar-refractivity contribution in [1.82, 2.24) is 5.32 Å². The number of ether oxygens (including phenoxy) is 1. The third-order valence-corrected chi connectivity index (χ3v) is 4.05. The van der Waals surface area contributed by atoms with Gasteiger partial charge in [-0.2, -0.15) is 0 Å². The quantitative estimate of drug-likeness (QED) is 0.729. The Morgan fingerprint density at radius 3 is 2.60 bits per heavy atom. The van der Waals surface area contributed by atoms with Crippen LogP contribution in [0.15, 0.2) is 0 Å². The van der Waals surface area contributed by atoms with Crippen LogP contribution >= 0.6 is 0 Å². The summed E-state index contributed by atoms with van der Waals surface area (Å²) in [6.45, 7) is 9.04. The highest BCUT2D eigenvalue weighted by atomic mass is 16.5. The molecule has 2 rings (SSSR count). The van der Waals surface area contributed by atoms with E-state index in [1.54, 1.807) is 0 Å². The molecule has 0 bridgehead atoms. The van der Waals surface area contributed by atoms with Crippen LogP contribution in [0.4, 0.5) is 0 Å². The van der Waals surface area contributed by atoms with Crippen molar-refractivity contribution in [3.63, 3.8) is 0 Å². The highest BCUT2D eigenvalue weighted by Gasteiger charge is 2.48. The zero-order valence-corrected chi connectivity index (χ0v) is 10.4.